The Hall–Kier alpha value is -4.26. The molecule has 1 atom stereocenters. The van der Waals surface area contributed by atoms with E-state index in [0.717, 1.165) is 18.8 Å². The molecule has 1 fully saturated rings. The predicted octanol–water partition coefficient (Wildman–Crippen LogP) is 5.18. The van der Waals surface area contributed by atoms with Gasteiger partial charge in [-0.2, -0.15) is 0 Å². The van der Waals surface area contributed by atoms with E-state index >= 15 is 0 Å². The second-order valence-corrected chi connectivity index (χ2v) is 8.33. The largest absolute Gasteiger partial charge is 0.507 e. The monoisotopic (exact) mass is 486 g/mol. The molecule has 1 N–H and O–H groups in total. The molecule has 0 bridgehead atoms. The normalized spacial score (nSPS) is 16.8. The van der Waals surface area contributed by atoms with Crippen molar-refractivity contribution in [2.75, 3.05) is 37.1 Å². The van der Waals surface area contributed by atoms with Crippen LogP contribution in [0, 0.1) is 0 Å². The number of amides is 1. The van der Waals surface area contributed by atoms with Crippen molar-refractivity contribution in [2.45, 2.75) is 19.9 Å². The fourth-order valence-electron chi connectivity index (χ4n) is 4.62. The fourth-order valence-corrected chi connectivity index (χ4v) is 4.62. The van der Waals surface area contributed by atoms with Crippen molar-refractivity contribution >= 4 is 28.8 Å². The summed E-state index contributed by atoms with van der Waals surface area (Å²) >= 11 is 0. The summed E-state index contributed by atoms with van der Waals surface area (Å²) in [4.78, 5) is 30.4. The van der Waals surface area contributed by atoms with Crippen LogP contribution in [0.5, 0.6) is 11.5 Å². The molecule has 1 unspecified atom stereocenters. The first-order valence-corrected chi connectivity index (χ1v) is 11.9. The summed E-state index contributed by atoms with van der Waals surface area (Å²) in [5.41, 5.74) is 2.57. The molecule has 3 aromatic carbocycles. The van der Waals surface area contributed by atoms with Crippen LogP contribution in [0.15, 0.2) is 78.4 Å². The molecular weight excluding hydrogens is 456 g/mol. The zero-order valence-corrected chi connectivity index (χ0v) is 20.9. The number of carbonyl (C=O) groups is 2. The molecule has 186 valence electrons. The van der Waals surface area contributed by atoms with E-state index < -0.39 is 17.7 Å². The van der Waals surface area contributed by atoms with Crippen molar-refractivity contribution in [3.8, 4) is 11.5 Å². The van der Waals surface area contributed by atoms with Crippen molar-refractivity contribution in [1.29, 1.82) is 0 Å². The molecule has 4 rings (SSSR count). The zero-order valence-electron chi connectivity index (χ0n) is 20.9. The van der Waals surface area contributed by atoms with E-state index in [1.807, 2.05) is 24.3 Å². The van der Waals surface area contributed by atoms with E-state index in [0.29, 0.717) is 28.3 Å². The van der Waals surface area contributed by atoms with Gasteiger partial charge in [0.15, 0.2) is 0 Å². The Labute approximate surface area is 211 Å². The number of aliphatic hydroxyl groups is 1. The average Bonchev–Trinajstić information content (AvgIpc) is 3.19. The van der Waals surface area contributed by atoms with Crippen molar-refractivity contribution in [1.82, 2.24) is 0 Å². The smallest absolute Gasteiger partial charge is 0.300 e. The minimum atomic E-state index is -0.840. The molecule has 1 aliphatic heterocycles. The lowest BCUT2D eigenvalue weighted by molar-refractivity contribution is -0.132. The number of anilines is 2. The number of nitrogens with zero attached hydrogens (tertiary/aromatic N) is 2. The van der Waals surface area contributed by atoms with E-state index in [2.05, 4.69) is 18.7 Å². The number of para-hydroxylation sites is 1. The van der Waals surface area contributed by atoms with Crippen LogP contribution in [0.25, 0.3) is 5.76 Å². The van der Waals surface area contributed by atoms with E-state index in [-0.39, 0.29) is 11.3 Å². The van der Waals surface area contributed by atoms with Crippen LogP contribution in [0.3, 0.4) is 0 Å². The Kier molecular flexibility index (Phi) is 7.29. The molecule has 1 amide bonds. The van der Waals surface area contributed by atoms with Crippen LogP contribution in [0.4, 0.5) is 11.4 Å². The molecular formula is C29H30N2O5. The van der Waals surface area contributed by atoms with Crippen molar-refractivity contribution in [3.05, 3.63) is 89.5 Å². The van der Waals surface area contributed by atoms with Gasteiger partial charge in [-0.25, -0.2) is 0 Å². The highest BCUT2D eigenvalue weighted by Crippen LogP contribution is 2.44. The second-order valence-electron chi connectivity index (χ2n) is 8.33. The molecule has 0 spiro atoms. The number of carbonyl (C=O) groups excluding carboxylic acids is 2. The maximum absolute atomic E-state index is 13.4. The van der Waals surface area contributed by atoms with Gasteiger partial charge in [-0.15, -0.1) is 0 Å². The molecule has 7 heteroatoms. The third kappa shape index (κ3) is 4.40. The van der Waals surface area contributed by atoms with E-state index in [9.17, 15) is 14.7 Å². The van der Waals surface area contributed by atoms with Crippen LogP contribution >= 0.6 is 0 Å². The lowest BCUT2D eigenvalue weighted by Crippen LogP contribution is -2.29. The SMILES string of the molecule is CCN(CC)c1ccc(C2/C(=C(\O)c3ccccc3OC)C(=O)C(=O)N2c2cccc(OC)c2)cc1. The standard InChI is InChI=1S/C29H30N2O5/c1-5-30(6-2)20-16-14-19(15-17-20)26-25(27(32)23-12-7-8-13-24(23)36-4)28(33)29(34)31(26)21-10-9-11-22(18-21)35-3/h7-18,26,32H,5-6H2,1-4H3/b27-25+. The number of benzene rings is 3. The lowest BCUT2D eigenvalue weighted by atomic mass is 9.94. The number of hydrogen-bond donors (Lipinski definition) is 1. The Balaban J connectivity index is 1.93. The number of aliphatic hydroxyl groups excluding tert-OH is 1. The quantitative estimate of drug-likeness (QED) is 0.269. The Morgan fingerprint density at radius 3 is 2.25 bits per heavy atom. The number of ketones is 1. The molecule has 0 saturated carbocycles. The predicted molar refractivity (Wildman–Crippen MR) is 141 cm³/mol. The van der Waals surface area contributed by atoms with Gasteiger partial charge in [0.1, 0.15) is 17.3 Å². The number of methoxy groups -OCH3 is 2. The first-order chi connectivity index (χ1) is 17.4. The Morgan fingerprint density at radius 2 is 1.61 bits per heavy atom. The van der Waals surface area contributed by atoms with E-state index in [1.165, 1.54) is 12.0 Å². The topological polar surface area (TPSA) is 79.3 Å². The molecule has 7 nitrogen and oxygen atoms in total. The van der Waals surface area contributed by atoms with Crippen molar-refractivity contribution in [2.24, 2.45) is 0 Å². The van der Waals surface area contributed by atoms with Crippen molar-refractivity contribution in [3.63, 3.8) is 0 Å². The van der Waals surface area contributed by atoms with Gasteiger partial charge in [0, 0.05) is 30.5 Å². The molecule has 0 radical (unpaired) electrons. The third-order valence-corrected chi connectivity index (χ3v) is 6.48. The van der Waals surface area contributed by atoms with E-state index in [4.69, 9.17) is 9.47 Å². The summed E-state index contributed by atoms with van der Waals surface area (Å²) in [7, 11) is 3.03. The van der Waals surface area contributed by atoms with Gasteiger partial charge in [-0.3, -0.25) is 14.5 Å². The third-order valence-electron chi connectivity index (χ3n) is 6.48. The Morgan fingerprint density at radius 1 is 0.917 bits per heavy atom. The highest BCUT2D eigenvalue weighted by atomic mass is 16.5. The molecule has 3 aromatic rings. The fraction of sp³-hybridized carbons (Fsp3) is 0.241. The number of rotatable bonds is 8. The van der Waals surface area contributed by atoms with Crippen LogP contribution < -0.4 is 19.3 Å². The number of ether oxygens (including phenoxy) is 2. The van der Waals surface area contributed by atoms with Gasteiger partial charge >= 0.3 is 0 Å². The number of hydrogen-bond acceptors (Lipinski definition) is 6. The lowest BCUT2D eigenvalue weighted by Gasteiger charge is -2.27. The first-order valence-electron chi connectivity index (χ1n) is 11.9. The van der Waals surface area contributed by atoms with Gasteiger partial charge in [0.05, 0.1) is 31.4 Å². The average molecular weight is 487 g/mol. The van der Waals surface area contributed by atoms with Crippen LogP contribution in [-0.2, 0) is 9.59 Å². The summed E-state index contributed by atoms with van der Waals surface area (Å²) in [6.07, 6.45) is 0. The minimum absolute atomic E-state index is 0.00269. The second kappa shape index (κ2) is 10.6. The maximum Gasteiger partial charge on any atom is 0.300 e. The number of Topliss-reactive ketones (excluding diaryl/α,β-unsaturated/α-hetero) is 1. The van der Waals surface area contributed by atoms with Gasteiger partial charge < -0.3 is 19.5 Å². The zero-order chi connectivity index (χ0) is 25.8. The summed E-state index contributed by atoms with van der Waals surface area (Å²) in [5.74, 6) is -0.821. The minimum Gasteiger partial charge on any atom is -0.507 e. The molecule has 0 aromatic heterocycles. The van der Waals surface area contributed by atoms with Crippen LogP contribution in [-0.4, -0.2) is 44.1 Å². The highest BCUT2D eigenvalue weighted by molar-refractivity contribution is 6.51. The molecule has 1 aliphatic rings. The maximum atomic E-state index is 13.4. The van der Waals surface area contributed by atoms with Gasteiger partial charge in [-0.1, -0.05) is 30.3 Å². The molecule has 36 heavy (non-hydrogen) atoms. The highest BCUT2D eigenvalue weighted by Gasteiger charge is 2.47. The van der Waals surface area contributed by atoms with Crippen LogP contribution in [0.2, 0.25) is 0 Å². The molecule has 1 heterocycles. The van der Waals surface area contributed by atoms with Crippen molar-refractivity contribution < 1.29 is 24.2 Å². The summed E-state index contributed by atoms with van der Waals surface area (Å²) < 4.78 is 10.8. The summed E-state index contributed by atoms with van der Waals surface area (Å²) in [6, 6.07) is 20.7. The van der Waals surface area contributed by atoms with Gasteiger partial charge in [0.2, 0.25) is 0 Å². The van der Waals surface area contributed by atoms with Gasteiger partial charge in [-0.05, 0) is 55.8 Å². The molecule has 0 aliphatic carbocycles. The van der Waals surface area contributed by atoms with Gasteiger partial charge in [0.25, 0.3) is 11.7 Å². The van der Waals surface area contributed by atoms with Crippen LogP contribution in [0.1, 0.15) is 31.0 Å². The Bertz CT molecular complexity index is 1300. The summed E-state index contributed by atoms with van der Waals surface area (Å²) in [5, 5.41) is 11.4. The molecule has 1 saturated heterocycles. The van der Waals surface area contributed by atoms with E-state index in [1.54, 1.807) is 55.6 Å². The first kappa shape index (κ1) is 24.9. The summed E-state index contributed by atoms with van der Waals surface area (Å²) in [6.45, 7) is 5.88.